The molecule has 0 amide bonds. The second-order valence-corrected chi connectivity index (χ2v) is 8.89. The quantitative estimate of drug-likeness (QED) is 0.153. The maximum absolute atomic E-state index is 12.4. The molecule has 0 spiro atoms. The van der Waals surface area contributed by atoms with E-state index in [4.69, 9.17) is 9.47 Å². The van der Waals surface area contributed by atoms with Crippen molar-refractivity contribution in [3.63, 3.8) is 0 Å². The van der Waals surface area contributed by atoms with Gasteiger partial charge in [0.1, 0.15) is 6.10 Å². The van der Waals surface area contributed by atoms with Gasteiger partial charge in [0, 0.05) is 0 Å². The third kappa shape index (κ3) is 11.7. The van der Waals surface area contributed by atoms with Crippen molar-refractivity contribution in [3.8, 4) is 0 Å². The van der Waals surface area contributed by atoms with Gasteiger partial charge in [0.25, 0.3) is 0 Å². The number of hydrogen-bond donors (Lipinski definition) is 0. The average molecular weight is 399 g/mol. The topological polar surface area (TPSA) is 52.6 Å². The number of hydrogen-bond acceptors (Lipinski definition) is 4. The van der Waals surface area contributed by atoms with Gasteiger partial charge in [-0.2, -0.15) is 0 Å². The molecule has 0 radical (unpaired) electrons. The van der Waals surface area contributed by atoms with Gasteiger partial charge in [0.2, 0.25) is 0 Å². The van der Waals surface area contributed by atoms with Crippen molar-refractivity contribution < 1.29 is 19.1 Å². The third-order valence-electron chi connectivity index (χ3n) is 5.41. The average Bonchev–Trinajstić information content (AvgIpc) is 2.66. The number of rotatable bonds is 17. The van der Waals surface area contributed by atoms with Crippen molar-refractivity contribution in [1.29, 1.82) is 0 Å². The summed E-state index contributed by atoms with van der Waals surface area (Å²) in [6, 6.07) is 0. The number of unbranched alkanes of at least 4 members (excludes halogenated alkanes) is 10. The van der Waals surface area contributed by atoms with E-state index in [2.05, 4.69) is 6.92 Å². The van der Waals surface area contributed by atoms with Crippen LogP contribution in [-0.4, -0.2) is 24.6 Å². The van der Waals surface area contributed by atoms with Gasteiger partial charge < -0.3 is 9.47 Å². The summed E-state index contributed by atoms with van der Waals surface area (Å²) in [7, 11) is 0. The summed E-state index contributed by atoms with van der Waals surface area (Å²) in [6.45, 7) is 11.8. The van der Waals surface area contributed by atoms with E-state index in [1.807, 2.05) is 20.8 Å². The van der Waals surface area contributed by atoms with Crippen LogP contribution in [0.5, 0.6) is 0 Å². The smallest absolute Gasteiger partial charge is 0.323 e. The molecule has 0 saturated carbocycles. The Labute approximate surface area is 174 Å². The molecule has 0 N–H and O–H groups in total. The van der Waals surface area contributed by atoms with E-state index in [1.54, 1.807) is 13.8 Å². The molecule has 166 valence electrons. The molecule has 0 heterocycles. The molecule has 1 unspecified atom stereocenters. The largest absolute Gasteiger partial charge is 0.465 e. The summed E-state index contributed by atoms with van der Waals surface area (Å²) in [4.78, 5) is 24.7. The summed E-state index contributed by atoms with van der Waals surface area (Å²) in [5.74, 6) is -0.739. The summed E-state index contributed by atoms with van der Waals surface area (Å²) in [5, 5.41) is 0. The van der Waals surface area contributed by atoms with Crippen molar-refractivity contribution >= 4 is 11.9 Å². The Bertz CT molecular complexity index is 415. The van der Waals surface area contributed by atoms with Crippen LogP contribution in [0.15, 0.2) is 0 Å². The van der Waals surface area contributed by atoms with Gasteiger partial charge in [-0.25, -0.2) is 0 Å². The van der Waals surface area contributed by atoms with Gasteiger partial charge >= 0.3 is 11.9 Å². The molecule has 4 nitrogen and oxygen atoms in total. The molecule has 1 atom stereocenters. The van der Waals surface area contributed by atoms with Gasteiger partial charge in [-0.1, -0.05) is 91.9 Å². The van der Waals surface area contributed by atoms with Crippen LogP contribution in [-0.2, 0) is 19.1 Å². The Kier molecular flexibility index (Phi) is 15.2. The molecular weight excluding hydrogens is 352 g/mol. The van der Waals surface area contributed by atoms with E-state index >= 15 is 0 Å². The van der Waals surface area contributed by atoms with Gasteiger partial charge in [0.05, 0.1) is 6.61 Å². The van der Waals surface area contributed by atoms with E-state index in [1.165, 1.54) is 57.8 Å². The molecular formula is C24H46O4. The lowest BCUT2D eigenvalue weighted by Crippen LogP contribution is -2.39. The Morgan fingerprint density at radius 3 is 1.64 bits per heavy atom. The van der Waals surface area contributed by atoms with Gasteiger partial charge in [-0.3, -0.25) is 9.59 Å². The maximum atomic E-state index is 12.4. The van der Waals surface area contributed by atoms with Crippen molar-refractivity contribution in [3.05, 3.63) is 0 Å². The molecule has 0 aliphatic heterocycles. The summed E-state index contributed by atoms with van der Waals surface area (Å²) < 4.78 is 10.9. The minimum absolute atomic E-state index is 0.161. The molecule has 0 aromatic heterocycles. The molecule has 0 aliphatic rings. The highest BCUT2D eigenvalue weighted by atomic mass is 16.6. The highest BCUT2D eigenvalue weighted by Gasteiger charge is 2.40. The standard InChI is InChI=1S/C24H46O4/c1-7-9-10-11-12-13-14-15-16-17-18-19-27-22(25)24(5,6)23(26)28-21(8-2)20(3)4/h20-21H,7-19H2,1-6H3. The lowest BCUT2D eigenvalue weighted by Gasteiger charge is -2.26. The summed E-state index contributed by atoms with van der Waals surface area (Å²) in [6.07, 6.45) is 14.4. The molecule has 4 heteroatoms. The van der Waals surface area contributed by atoms with Gasteiger partial charge in [0.15, 0.2) is 5.41 Å². The predicted octanol–water partition coefficient (Wildman–Crippen LogP) is 6.84. The molecule has 28 heavy (non-hydrogen) atoms. The summed E-state index contributed by atoms with van der Waals surface area (Å²) >= 11 is 0. The Hall–Kier alpha value is -1.06. The fourth-order valence-electron chi connectivity index (χ4n) is 3.17. The van der Waals surface area contributed by atoms with Crippen LogP contribution >= 0.6 is 0 Å². The number of ether oxygens (including phenoxy) is 2. The Morgan fingerprint density at radius 2 is 1.21 bits per heavy atom. The van der Waals surface area contributed by atoms with Crippen LogP contribution in [0.25, 0.3) is 0 Å². The summed E-state index contributed by atoms with van der Waals surface area (Å²) in [5.41, 5.74) is -1.25. The monoisotopic (exact) mass is 398 g/mol. The van der Waals surface area contributed by atoms with E-state index in [9.17, 15) is 9.59 Å². The first kappa shape index (κ1) is 26.9. The number of carbonyl (C=O) groups is 2. The highest BCUT2D eigenvalue weighted by Crippen LogP contribution is 2.23. The molecule has 0 rings (SSSR count). The number of esters is 2. The zero-order valence-corrected chi connectivity index (χ0v) is 19.5. The SMILES string of the molecule is CCCCCCCCCCCCCOC(=O)C(C)(C)C(=O)OC(CC)C(C)C. The van der Waals surface area contributed by atoms with Crippen LogP contribution in [0.1, 0.15) is 119 Å². The van der Waals surface area contributed by atoms with Crippen molar-refractivity contribution in [1.82, 2.24) is 0 Å². The zero-order valence-electron chi connectivity index (χ0n) is 19.5. The molecule has 0 aromatic carbocycles. The van der Waals surface area contributed by atoms with Crippen molar-refractivity contribution in [2.24, 2.45) is 11.3 Å². The van der Waals surface area contributed by atoms with E-state index in [0.717, 1.165) is 19.3 Å². The first-order valence-electron chi connectivity index (χ1n) is 11.7. The zero-order chi connectivity index (χ0) is 21.4. The highest BCUT2D eigenvalue weighted by molar-refractivity contribution is 5.99. The fraction of sp³-hybridized carbons (Fsp3) is 0.917. The maximum Gasteiger partial charge on any atom is 0.323 e. The Morgan fingerprint density at radius 1 is 0.750 bits per heavy atom. The van der Waals surface area contributed by atoms with Crippen LogP contribution in [0, 0.1) is 11.3 Å². The predicted molar refractivity (Wildman–Crippen MR) is 116 cm³/mol. The molecule has 0 aliphatic carbocycles. The lowest BCUT2D eigenvalue weighted by molar-refractivity contribution is -0.174. The minimum atomic E-state index is -1.25. The second-order valence-electron chi connectivity index (χ2n) is 8.89. The van der Waals surface area contributed by atoms with Crippen LogP contribution < -0.4 is 0 Å². The van der Waals surface area contributed by atoms with Crippen LogP contribution in [0.2, 0.25) is 0 Å². The minimum Gasteiger partial charge on any atom is -0.465 e. The first-order chi connectivity index (χ1) is 13.3. The molecule has 0 aromatic rings. The number of carbonyl (C=O) groups excluding carboxylic acids is 2. The second kappa shape index (κ2) is 15.8. The van der Waals surface area contributed by atoms with Crippen LogP contribution in [0.3, 0.4) is 0 Å². The Balaban J connectivity index is 3.85. The van der Waals surface area contributed by atoms with Crippen LogP contribution in [0.4, 0.5) is 0 Å². The molecule has 0 fully saturated rings. The van der Waals surface area contributed by atoms with Gasteiger partial charge in [-0.05, 0) is 32.6 Å². The normalized spacial score (nSPS) is 12.8. The molecule has 0 saturated heterocycles. The van der Waals surface area contributed by atoms with E-state index in [-0.39, 0.29) is 12.0 Å². The van der Waals surface area contributed by atoms with E-state index < -0.39 is 17.4 Å². The van der Waals surface area contributed by atoms with Gasteiger partial charge in [-0.15, -0.1) is 0 Å². The molecule has 0 bridgehead atoms. The van der Waals surface area contributed by atoms with E-state index in [0.29, 0.717) is 6.61 Å². The van der Waals surface area contributed by atoms with Crippen molar-refractivity contribution in [2.75, 3.05) is 6.61 Å². The fourth-order valence-corrected chi connectivity index (χ4v) is 3.17. The third-order valence-corrected chi connectivity index (χ3v) is 5.41. The first-order valence-corrected chi connectivity index (χ1v) is 11.7. The lowest BCUT2D eigenvalue weighted by atomic mass is 9.93. The van der Waals surface area contributed by atoms with Crippen molar-refractivity contribution in [2.45, 2.75) is 125 Å².